The van der Waals surface area contributed by atoms with Gasteiger partial charge in [-0.3, -0.25) is 4.79 Å². The summed E-state index contributed by atoms with van der Waals surface area (Å²) in [6.45, 7) is 16.7. The van der Waals surface area contributed by atoms with Crippen LogP contribution < -0.4 is 0 Å². The molecule has 17 atom stereocenters. The molecule has 53 heavy (non-hydrogen) atoms. The van der Waals surface area contributed by atoms with E-state index in [0.29, 0.717) is 18.4 Å². The van der Waals surface area contributed by atoms with E-state index in [1.165, 1.54) is 6.92 Å². The topological polar surface area (TPSA) is 196 Å². The lowest BCUT2D eigenvalue weighted by Gasteiger charge is -2.48. The summed E-state index contributed by atoms with van der Waals surface area (Å²) in [6.07, 6.45) is -3.29. The molecule has 0 aromatic carbocycles. The van der Waals surface area contributed by atoms with Gasteiger partial charge in [-0.15, -0.1) is 0 Å². The predicted molar refractivity (Wildman–Crippen MR) is 198 cm³/mol. The van der Waals surface area contributed by atoms with E-state index in [9.17, 15) is 40.5 Å². The second-order valence-electron chi connectivity index (χ2n) is 16.6. The highest BCUT2D eigenvalue weighted by Crippen LogP contribution is 2.52. The summed E-state index contributed by atoms with van der Waals surface area (Å²) in [6, 6.07) is 0. The van der Waals surface area contributed by atoms with E-state index in [0.717, 1.165) is 36.0 Å². The first-order valence-electron chi connectivity index (χ1n) is 19.4. The lowest BCUT2D eigenvalue weighted by molar-refractivity contribution is -0.354. The molecular formula is C41H66O12. The van der Waals surface area contributed by atoms with Crippen molar-refractivity contribution >= 4 is 5.78 Å². The molecule has 0 unspecified atom stereocenters. The first-order valence-corrected chi connectivity index (χ1v) is 19.4. The van der Waals surface area contributed by atoms with Crippen LogP contribution >= 0.6 is 0 Å². The molecule has 2 saturated heterocycles. The van der Waals surface area contributed by atoms with Gasteiger partial charge in [0, 0.05) is 5.92 Å². The Hall–Kier alpha value is -1.81. The monoisotopic (exact) mass is 750 g/mol. The van der Waals surface area contributed by atoms with Crippen molar-refractivity contribution in [2.45, 2.75) is 180 Å². The molecule has 2 aliphatic carbocycles. The van der Waals surface area contributed by atoms with E-state index in [-0.39, 0.29) is 30.0 Å². The van der Waals surface area contributed by atoms with Gasteiger partial charge in [-0.05, 0) is 110 Å². The first kappa shape index (κ1) is 43.9. The molecule has 2 heterocycles. The van der Waals surface area contributed by atoms with Crippen molar-refractivity contribution in [3.05, 3.63) is 46.6 Å². The molecule has 4 fully saturated rings. The number of fused-ring (bicyclic) bond motifs is 1. The fraction of sp³-hybridized carbons (Fsp3) is 0.780. The van der Waals surface area contributed by atoms with Crippen LogP contribution in [-0.2, 0) is 23.7 Å². The molecule has 0 spiro atoms. The number of ether oxygens (including phenoxy) is 4. The Bertz CT molecular complexity index is 1370. The Balaban J connectivity index is 1.56. The second kappa shape index (κ2) is 18.4. The van der Waals surface area contributed by atoms with Crippen LogP contribution in [0.1, 0.15) is 101 Å². The average molecular weight is 751 g/mol. The van der Waals surface area contributed by atoms with Crippen LogP contribution in [0, 0.1) is 23.7 Å². The Labute approximate surface area is 315 Å². The third-order valence-electron chi connectivity index (χ3n) is 12.1. The Kier molecular flexibility index (Phi) is 15.3. The van der Waals surface area contributed by atoms with Gasteiger partial charge in [0.1, 0.15) is 42.4 Å². The molecule has 4 aliphatic rings. The zero-order valence-electron chi connectivity index (χ0n) is 33.0. The van der Waals surface area contributed by atoms with Crippen molar-refractivity contribution in [1.82, 2.24) is 0 Å². The summed E-state index contributed by atoms with van der Waals surface area (Å²) in [7, 11) is 0. The Morgan fingerprint density at radius 3 is 2.04 bits per heavy atom. The molecule has 7 N–H and O–H groups in total. The molecule has 0 aromatic rings. The standard InChI is InChI=1S/C41H66O12/c1-20(2)13-15-30(42)23(6)19-29-33(44)28-12-10-11-27(28)24(7)41(29,49)18-17-22(5)31(16-14-21(3)4)52-39-37(48)35(46)38(26(9)51-39)53-40-36(47)34(45)32(43)25(8)50-40/h13-14,17,19,24-32,34-40,42-43,45-49H,10-12,15-16,18H2,1-9H3/b22-17+,23-19+/t24-,25+,26+,27-,28-,29-,30-,31+,32+,34-,35+,36+,37+,38+,39-,40-,41-/m1/s1. The summed E-state index contributed by atoms with van der Waals surface area (Å²) < 4.78 is 23.8. The van der Waals surface area contributed by atoms with E-state index >= 15 is 0 Å². The van der Waals surface area contributed by atoms with E-state index in [1.807, 2.05) is 66.7 Å². The van der Waals surface area contributed by atoms with Crippen LogP contribution in [0.3, 0.4) is 0 Å². The molecule has 12 heteroatoms. The van der Waals surface area contributed by atoms with Crippen LogP contribution in [0.25, 0.3) is 0 Å². The lowest BCUT2D eigenvalue weighted by atomic mass is 9.58. The summed E-state index contributed by atoms with van der Waals surface area (Å²) in [4.78, 5) is 14.1. The number of Topliss-reactive ketones (excluding diaryl/α,β-unsaturated/α-hetero) is 1. The number of allylic oxidation sites excluding steroid dienone is 2. The zero-order valence-corrected chi connectivity index (χ0v) is 33.0. The third kappa shape index (κ3) is 9.96. The molecule has 302 valence electrons. The lowest BCUT2D eigenvalue weighted by Crippen LogP contribution is -2.63. The van der Waals surface area contributed by atoms with Gasteiger partial charge < -0.3 is 54.7 Å². The van der Waals surface area contributed by atoms with E-state index in [4.69, 9.17) is 18.9 Å². The fourth-order valence-corrected chi connectivity index (χ4v) is 8.41. The number of hydrogen-bond donors (Lipinski definition) is 7. The first-order chi connectivity index (χ1) is 24.8. The van der Waals surface area contributed by atoms with Crippen LogP contribution in [0.4, 0.5) is 0 Å². The Morgan fingerprint density at radius 1 is 0.792 bits per heavy atom. The summed E-state index contributed by atoms with van der Waals surface area (Å²) in [5.41, 5.74) is 2.11. The third-order valence-corrected chi connectivity index (χ3v) is 12.1. The van der Waals surface area contributed by atoms with Crippen molar-refractivity contribution < 1.29 is 59.5 Å². The number of hydrogen-bond acceptors (Lipinski definition) is 12. The normalized spacial score (nSPS) is 42.2. The molecular weight excluding hydrogens is 684 g/mol. The van der Waals surface area contributed by atoms with Gasteiger partial charge in [0.25, 0.3) is 0 Å². The highest BCUT2D eigenvalue weighted by molar-refractivity contribution is 5.88. The molecule has 0 aromatic heterocycles. The minimum absolute atomic E-state index is 0.0232. The number of rotatable bonds is 13. The maximum absolute atomic E-state index is 14.1. The van der Waals surface area contributed by atoms with Crippen LogP contribution in [0.5, 0.6) is 0 Å². The highest BCUT2D eigenvalue weighted by Gasteiger charge is 2.56. The van der Waals surface area contributed by atoms with Gasteiger partial charge >= 0.3 is 0 Å². The van der Waals surface area contributed by atoms with Gasteiger partial charge in [-0.25, -0.2) is 0 Å². The molecule has 2 aliphatic heterocycles. The predicted octanol–water partition coefficient (Wildman–Crippen LogP) is 3.39. The molecule has 4 rings (SSSR count). The SMILES string of the molecule is CC(C)=CC[C@@H](O)/C(C)=C/[C@@H]1C(=O)[C@@H]2CCC[C@@H]2[C@@H](C)[C@]1(O)C/C=C(\C)[C@H](CC=C(C)C)O[C@H]1O[C@@H](C)[C@H](O[C@H]2O[C@@H](C)[C@H](O)[C@@H](O)[C@@H]2O)[C@@H](O)[C@@H]1O. The maximum atomic E-state index is 14.1. The van der Waals surface area contributed by atoms with E-state index in [1.54, 1.807) is 13.0 Å². The maximum Gasteiger partial charge on any atom is 0.187 e. The number of carbonyl (C=O) groups is 1. The van der Waals surface area contributed by atoms with Gasteiger partial charge in [0.2, 0.25) is 0 Å². The molecule has 0 bridgehead atoms. The smallest absolute Gasteiger partial charge is 0.187 e. The Morgan fingerprint density at radius 2 is 1.40 bits per heavy atom. The number of ketones is 1. The quantitative estimate of drug-likeness (QED) is 0.136. The number of carbonyl (C=O) groups excluding carboxylic acids is 1. The molecule has 0 amide bonds. The minimum atomic E-state index is -1.60. The molecule has 2 saturated carbocycles. The minimum Gasteiger partial charge on any atom is -0.388 e. The number of aliphatic hydroxyl groups is 7. The van der Waals surface area contributed by atoms with Crippen LogP contribution in [0.15, 0.2) is 46.6 Å². The van der Waals surface area contributed by atoms with Gasteiger partial charge in [0.05, 0.1) is 35.9 Å². The van der Waals surface area contributed by atoms with Crippen molar-refractivity contribution in [1.29, 1.82) is 0 Å². The van der Waals surface area contributed by atoms with Crippen molar-refractivity contribution in [3.8, 4) is 0 Å². The van der Waals surface area contributed by atoms with Crippen molar-refractivity contribution in [2.24, 2.45) is 23.7 Å². The second-order valence-corrected chi connectivity index (χ2v) is 16.6. The molecule has 0 radical (unpaired) electrons. The van der Waals surface area contributed by atoms with Gasteiger partial charge in [-0.2, -0.15) is 0 Å². The summed E-state index contributed by atoms with van der Waals surface area (Å²) >= 11 is 0. The number of aliphatic hydroxyl groups excluding tert-OH is 6. The van der Waals surface area contributed by atoms with Crippen LogP contribution in [-0.4, -0.2) is 121 Å². The highest BCUT2D eigenvalue weighted by atomic mass is 16.7. The molecule has 12 nitrogen and oxygen atoms in total. The summed E-state index contributed by atoms with van der Waals surface area (Å²) in [5.74, 6) is -1.01. The van der Waals surface area contributed by atoms with E-state index < -0.39 is 85.1 Å². The van der Waals surface area contributed by atoms with Crippen LogP contribution in [0.2, 0.25) is 0 Å². The van der Waals surface area contributed by atoms with Crippen molar-refractivity contribution in [2.75, 3.05) is 0 Å². The van der Waals surface area contributed by atoms with Crippen molar-refractivity contribution in [3.63, 3.8) is 0 Å². The zero-order chi connectivity index (χ0) is 39.5. The summed E-state index contributed by atoms with van der Waals surface area (Å²) in [5, 5.41) is 76.6. The average Bonchev–Trinajstić information content (AvgIpc) is 3.61. The van der Waals surface area contributed by atoms with E-state index in [2.05, 4.69) is 0 Å². The fourth-order valence-electron chi connectivity index (χ4n) is 8.41. The largest absolute Gasteiger partial charge is 0.388 e. The van der Waals surface area contributed by atoms with Gasteiger partial charge in [-0.1, -0.05) is 48.8 Å². The van der Waals surface area contributed by atoms with Gasteiger partial charge in [0.15, 0.2) is 12.6 Å².